The van der Waals surface area contributed by atoms with Crippen LogP contribution in [-0.4, -0.2) is 44.3 Å². The third-order valence-electron chi connectivity index (χ3n) is 4.85. The summed E-state index contributed by atoms with van der Waals surface area (Å²) in [7, 11) is 0. The molecule has 1 aromatic rings. The summed E-state index contributed by atoms with van der Waals surface area (Å²) in [4.78, 5) is 2.29. The van der Waals surface area contributed by atoms with Gasteiger partial charge in [0.2, 0.25) is 0 Å². The molecule has 1 aromatic carbocycles. The number of halogens is 4. The summed E-state index contributed by atoms with van der Waals surface area (Å²) in [6.07, 6.45) is -2.66. The molecule has 1 N–H and O–H groups in total. The molecule has 0 aromatic heterocycles. The molecule has 2 aliphatic rings. The first kappa shape index (κ1) is 18.0. The van der Waals surface area contributed by atoms with E-state index in [9.17, 15) is 13.2 Å². The van der Waals surface area contributed by atoms with Crippen molar-refractivity contribution in [2.45, 2.75) is 25.1 Å². The lowest BCUT2D eigenvalue weighted by Gasteiger charge is -2.41. The van der Waals surface area contributed by atoms with Crippen molar-refractivity contribution in [3.05, 3.63) is 34.3 Å². The van der Waals surface area contributed by atoms with Crippen molar-refractivity contribution in [1.29, 1.82) is 0 Å². The molecule has 1 atom stereocenters. The van der Waals surface area contributed by atoms with Gasteiger partial charge >= 0.3 is 6.18 Å². The monoisotopic (exact) mass is 362 g/mol. The summed E-state index contributed by atoms with van der Waals surface area (Å²) in [5.41, 5.74) is 0.000758. The molecule has 24 heavy (non-hydrogen) atoms. The Bertz CT molecular complexity index is 537. The molecule has 3 nitrogen and oxygen atoms in total. The molecule has 0 amide bonds. The fourth-order valence-electron chi connectivity index (χ4n) is 3.72. The van der Waals surface area contributed by atoms with Crippen LogP contribution in [0.25, 0.3) is 0 Å². The Hall–Kier alpha value is -0.820. The van der Waals surface area contributed by atoms with E-state index >= 15 is 0 Å². The molecule has 7 heteroatoms. The second-order valence-corrected chi connectivity index (χ2v) is 6.89. The SMILES string of the molecule is FC(F)(F)c1cc(Cl)cc([C@@H](C2CCOCC2)N2CCNCC2)c1. The largest absolute Gasteiger partial charge is 0.416 e. The first-order chi connectivity index (χ1) is 11.4. The van der Waals surface area contributed by atoms with E-state index in [1.54, 1.807) is 6.07 Å². The first-order valence-electron chi connectivity index (χ1n) is 8.35. The molecule has 0 radical (unpaired) electrons. The summed E-state index contributed by atoms with van der Waals surface area (Å²) in [6, 6.07) is 3.92. The highest BCUT2D eigenvalue weighted by Crippen LogP contribution is 2.39. The van der Waals surface area contributed by atoms with Gasteiger partial charge in [-0.3, -0.25) is 4.90 Å². The second-order valence-electron chi connectivity index (χ2n) is 6.45. The molecule has 2 saturated heterocycles. The Balaban J connectivity index is 1.96. The van der Waals surface area contributed by atoms with Crippen molar-refractivity contribution in [1.82, 2.24) is 10.2 Å². The smallest absolute Gasteiger partial charge is 0.381 e. The van der Waals surface area contributed by atoms with Gasteiger partial charge in [-0.1, -0.05) is 11.6 Å². The molecular weight excluding hydrogens is 341 g/mol. The van der Waals surface area contributed by atoms with Gasteiger partial charge in [0.05, 0.1) is 5.56 Å². The third-order valence-corrected chi connectivity index (χ3v) is 5.06. The highest BCUT2D eigenvalue weighted by Gasteiger charge is 2.35. The maximum atomic E-state index is 13.2. The average molecular weight is 363 g/mol. The molecular formula is C17H22ClF3N2O. The molecule has 0 bridgehead atoms. The maximum absolute atomic E-state index is 13.2. The summed E-state index contributed by atoms with van der Waals surface area (Å²) < 4.78 is 45.0. The van der Waals surface area contributed by atoms with Crippen LogP contribution in [0.15, 0.2) is 18.2 Å². The lowest BCUT2D eigenvalue weighted by molar-refractivity contribution is -0.137. The van der Waals surface area contributed by atoms with Gasteiger partial charge in [0, 0.05) is 50.5 Å². The van der Waals surface area contributed by atoms with Crippen molar-refractivity contribution >= 4 is 11.6 Å². The van der Waals surface area contributed by atoms with E-state index in [-0.39, 0.29) is 17.0 Å². The van der Waals surface area contributed by atoms with Crippen LogP contribution >= 0.6 is 11.6 Å². The molecule has 0 aliphatic carbocycles. The van der Waals surface area contributed by atoms with E-state index in [1.807, 2.05) is 0 Å². The molecule has 3 rings (SSSR count). The fraction of sp³-hybridized carbons (Fsp3) is 0.647. The van der Waals surface area contributed by atoms with Crippen LogP contribution in [-0.2, 0) is 10.9 Å². The number of ether oxygens (including phenoxy) is 1. The molecule has 2 heterocycles. The van der Waals surface area contributed by atoms with Crippen molar-refractivity contribution in [2.75, 3.05) is 39.4 Å². The Labute approximate surface area is 145 Å². The van der Waals surface area contributed by atoms with Crippen LogP contribution in [0.1, 0.15) is 30.0 Å². The molecule has 2 aliphatic heterocycles. The number of nitrogens with zero attached hydrogens (tertiary/aromatic N) is 1. The standard InChI is InChI=1S/C17H22ClF3N2O/c18-15-10-13(9-14(11-15)17(19,20)21)16(12-1-7-24-8-2-12)23-5-3-22-4-6-23/h9-12,16,22H,1-8H2/t16-/m1/s1. The predicted octanol–water partition coefficient (Wildman–Crippen LogP) is 3.73. The topological polar surface area (TPSA) is 24.5 Å². The first-order valence-corrected chi connectivity index (χ1v) is 8.73. The quantitative estimate of drug-likeness (QED) is 0.886. The zero-order valence-electron chi connectivity index (χ0n) is 13.4. The van der Waals surface area contributed by atoms with Crippen LogP contribution in [0.3, 0.4) is 0 Å². The van der Waals surface area contributed by atoms with Gasteiger partial charge in [-0.05, 0) is 42.5 Å². The normalized spacial score (nSPS) is 22.5. The zero-order valence-corrected chi connectivity index (χ0v) is 14.2. The summed E-state index contributed by atoms with van der Waals surface area (Å²) in [5, 5.41) is 3.44. The van der Waals surface area contributed by atoms with Gasteiger partial charge in [-0.15, -0.1) is 0 Å². The van der Waals surface area contributed by atoms with E-state index in [2.05, 4.69) is 10.2 Å². The Morgan fingerprint density at radius 2 is 1.79 bits per heavy atom. The van der Waals surface area contributed by atoms with Gasteiger partial charge in [0.15, 0.2) is 0 Å². The summed E-state index contributed by atoms with van der Waals surface area (Å²) >= 11 is 6.02. The highest BCUT2D eigenvalue weighted by atomic mass is 35.5. The van der Waals surface area contributed by atoms with E-state index < -0.39 is 11.7 Å². The lowest BCUT2D eigenvalue weighted by Crippen LogP contribution is -2.47. The maximum Gasteiger partial charge on any atom is 0.416 e. The minimum atomic E-state index is -4.39. The van der Waals surface area contributed by atoms with Gasteiger partial charge in [0.25, 0.3) is 0 Å². The van der Waals surface area contributed by atoms with E-state index in [4.69, 9.17) is 16.3 Å². The van der Waals surface area contributed by atoms with Crippen molar-refractivity contribution in [2.24, 2.45) is 5.92 Å². The molecule has 0 unspecified atom stereocenters. The minimum absolute atomic E-state index is 0.0456. The van der Waals surface area contributed by atoms with Crippen LogP contribution in [0.4, 0.5) is 13.2 Å². The fourth-order valence-corrected chi connectivity index (χ4v) is 3.96. The molecule has 134 valence electrons. The number of rotatable bonds is 3. The molecule has 0 saturated carbocycles. The van der Waals surface area contributed by atoms with Gasteiger partial charge < -0.3 is 10.1 Å². The number of alkyl halides is 3. The predicted molar refractivity (Wildman–Crippen MR) is 87.2 cm³/mol. The number of nitrogens with one attached hydrogen (secondary N) is 1. The van der Waals surface area contributed by atoms with Crippen molar-refractivity contribution in [3.8, 4) is 0 Å². The van der Waals surface area contributed by atoms with Crippen LogP contribution in [0.5, 0.6) is 0 Å². The Kier molecular flexibility index (Phi) is 5.70. The Morgan fingerprint density at radius 3 is 2.42 bits per heavy atom. The number of hydrogen-bond donors (Lipinski definition) is 1. The van der Waals surface area contributed by atoms with E-state index in [0.717, 1.165) is 45.1 Å². The minimum Gasteiger partial charge on any atom is -0.381 e. The molecule has 0 spiro atoms. The second kappa shape index (κ2) is 7.60. The number of piperazine rings is 1. The van der Waals surface area contributed by atoms with Crippen molar-refractivity contribution in [3.63, 3.8) is 0 Å². The van der Waals surface area contributed by atoms with Gasteiger partial charge in [-0.2, -0.15) is 13.2 Å². The summed E-state index contributed by atoms with van der Waals surface area (Å²) in [6.45, 7) is 4.70. The van der Waals surface area contributed by atoms with Crippen LogP contribution < -0.4 is 5.32 Å². The lowest BCUT2D eigenvalue weighted by atomic mass is 9.85. The Morgan fingerprint density at radius 1 is 1.12 bits per heavy atom. The third kappa shape index (κ3) is 4.23. The average Bonchev–Trinajstić information content (AvgIpc) is 2.56. The van der Waals surface area contributed by atoms with Gasteiger partial charge in [0.1, 0.15) is 0 Å². The van der Waals surface area contributed by atoms with Crippen LogP contribution in [0, 0.1) is 5.92 Å². The van der Waals surface area contributed by atoms with Gasteiger partial charge in [-0.25, -0.2) is 0 Å². The number of hydrogen-bond acceptors (Lipinski definition) is 3. The van der Waals surface area contributed by atoms with Crippen molar-refractivity contribution < 1.29 is 17.9 Å². The van der Waals surface area contributed by atoms with Crippen LogP contribution in [0.2, 0.25) is 5.02 Å². The van der Waals surface area contributed by atoms with E-state index in [0.29, 0.717) is 18.8 Å². The summed E-state index contributed by atoms with van der Waals surface area (Å²) in [5.74, 6) is 0.288. The van der Waals surface area contributed by atoms with E-state index in [1.165, 1.54) is 6.07 Å². The molecule has 2 fully saturated rings. The zero-order chi connectivity index (χ0) is 17.2. The highest BCUT2D eigenvalue weighted by molar-refractivity contribution is 6.30. The number of benzene rings is 1.